The standard InChI is InChI=1S/C3H5F2N3OS/c1-10(9,8-2-6)3(4,5)7/h7H2,1H3. The van der Waals surface area contributed by atoms with Gasteiger partial charge < -0.3 is 0 Å². The molecular weight excluding hydrogens is 164 g/mol. The molecule has 0 aromatic rings. The van der Waals surface area contributed by atoms with Gasteiger partial charge in [0.15, 0.2) is 0 Å². The summed E-state index contributed by atoms with van der Waals surface area (Å²) < 4.78 is 36.9. The molecule has 0 saturated heterocycles. The molecular formula is C3H5F2N3OS. The molecule has 0 heterocycles. The van der Waals surface area contributed by atoms with Crippen LogP contribution in [0.15, 0.2) is 4.36 Å². The molecule has 0 aliphatic rings. The first kappa shape index (κ1) is 9.26. The molecule has 0 spiro atoms. The average molecular weight is 169 g/mol. The van der Waals surface area contributed by atoms with Crippen LogP contribution in [0.2, 0.25) is 0 Å². The van der Waals surface area contributed by atoms with Crippen LogP contribution in [-0.2, 0) is 9.73 Å². The van der Waals surface area contributed by atoms with Gasteiger partial charge in [-0.3, -0.25) is 5.73 Å². The van der Waals surface area contributed by atoms with Gasteiger partial charge >= 0.3 is 5.38 Å². The van der Waals surface area contributed by atoms with Gasteiger partial charge in [0, 0.05) is 6.26 Å². The van der Waals surface area contributed by atoms with E-state index in [1.54, 1.807) is 0 Å². The van der Waals surface area contributed by atoms with Crippen molar-refractivity contribution in [1.29, 1.82) is 5.26 Å². The van der Waals surface area contributed by atoms with Gasteiger partial charge in [-0.05, 0) is 0 Å². The molecule has 1 unspecified atom stereocenters. The average Bonchev–Trinajstić information content (AvgIpc) is 1.61. The maximum Gasteiger partial charge on any atom is 0.385 e. The summed E-state index contributed by atoms with van der Waals surface area (Å²) in [5.74, 6) is 0. The van der Waals surface area contributed by atoms with Gasteiger partial charge in [0.2, 0.25) is 6.19 Å². The highest BCUT2D eigenvalue weighted by Gasteiger charge is 2.34. The quantitative estimate of drug-likeness (QED) is 0.445. The van der Waals surface area contributed by atoms with E-state index < -0.39 is 15.1 Å². The first-order valence-corrected chi connectivity index (χ1v) is 4.00. The third-order valence-corrected chi connectivity index (χ3v) is 2.16. The van der Waals surface area contributed by atoms with E-state index in [4.69, 9.17) is 5.26 Å². The summed E-state index contributed by atoms with van der Waals surface area (Å²) in [4.78, 5) is 0. The molecule has 58 valence electrons. The Labute approximate surface area is 56.8 Å². The molecule has 0 rings (SSSR count). The fourth-order valence-corrected chi connectivity index (χ4v) is 0.416. The van der Waals surface area contributed by atoms with Crippen LogP contribution in [0.5, 0.6) is 0 Å². The van der Waals surface area contributed by atoms with E-state index in [0.717, 1.165) is 6.19 Å². The number of alkyl halides is 2. The Hall–Kier alpha value is -0.740. The summed E-state index contributed by atoms with van der Waals surface area (Å²) >= 11 is 0. The van der Waals surface area contributed by atoms with Crippen molar-refractivity contribution in [3.63, 3.8) is 0 Å². The minimum absolute atomic E-state index is 0.621. The van der Waals surface area contributed by atoms with Crippen LogP contribution in [-0.4, -0.2) is 15.8 Å². The zero-order valence-electron chi connectivity index (χ0n) is 5.04. The first-order chi connectivity index (χ1) is 4.31. The fourth-order valence-electron chi connectivity index (χ4n) is 0.139. The third kappa shape index (κ3) is 1.89. The largest absolute Gasteiger partial charge is 0.385 e. The molecule has 4 nitrogen and oxygen atoms in total. The Morgan fingerprint density at radius 1 is 1.80 bits per heavy atom. The Bertz CT molecular complexity index is 266. The summed E-state index contributed by atoms with van der Waals surface area (Å²) in [5.41, 5.74) is 4.15. The molecule has 0 saturated carbocycles. The minimum Gasteiger partial charge on any atom is -0.259 e. The fraction of sp³-hybridized carbons (Fsp3) is 0.667. The molecule has 2 N–H and O–H groups in total. The number of halogens is 2. The highest BCUT2D eigenvalue weighted by molar-refractivity contribution is 7.93. The van der Waals surface area contributed by atoms with E-state index in [1.807, 2.05) is 0 Å². The SMILES string of the molecule is CS(=O)(=NC#N)C(N)(F)F. The number of nitrogens with two attached hydrogens (primary N) is 1. The van der Waals surface area contributed by atoms with E-state index >= 15 is 0 Å². The lowest BCUT2D eigenvalue weighted by Crippen LogP contribution is -2.37. The molecule has 1 atom stereocenters. The Kier molecular flexibility index (Phi) is 2.29. The summed E-state index contributed by atoms with van der Waals surface area (Å²) in [5, 5.41) is 3.87. The number of rotatable bonds is 1. The number of nitrogens with zero attached hydrogens (tertiary/aromatic N) is 2. The van der Waals surface area contributed by atoms with Crippen LogP contribution >= 0.6 is 0 Å². The van der Waals surface area contributed by atoms with Gasteiger partial charge in [0.05, 0.1) is 0 Å². The van der Waals surface area contributed by atoms with Crippen LogP contribution in [0, 0.1) is 11.5 Å². The summed E-state index contributed by atoms with van der Waals surface area (Å²) in [6.07, 6.45) is 1.63. The van der Waals surface area contributed by atoms with Gasteiger partial charge in [0.1, 0.15) is 9.73 Å². The number of nitriles is 1. The predicted octanol–water partition coefficient (Wildman–Crippen LogP) is 0.0743. The van der Waals surface area contributed by atoms with Crippen molar-refractivity contribution in [2.45, 2.75) is 5.38 Å². The topological polar surface area (TPSA) is 79.2 Å². The Balaban J connectivity index is 5.01. The molecule has 0 aliphatic heterocycles. The molecule has 0 aromatic heterocycles. The van der Waals surface area contributed by atoms with Gasteiger partial charge in [-0.2, -0.15) is 14.0 Å². The normalized spacial score (nSPS) is 17.1. The van der Waals surface area contributed by atoms with Gasteiger partial charge in [-0.15, -0.1) is 4.36 Å². The molecule has 10 heavy (non-hydrogen) atoms. The molecule has 0 aliphatic carbocycles. The second kappa shape index (κ2) is 2.48. The second-order valence-corrected chi connectivity index (χ2v) is 3.89. The maximum atomic E-state index is 11.9. The van der Waals surface area contributed by atoms with E-state index in [-0.39, 0.29) is 0 Å². The lowest BCUT2D eigenvalue weighted by molar-refractivity contribution is 0.106. The summed E-state index contributed by atoms with van der Waals surface area (Å²) in [7, 11) is -3.89. The number of hydrogen-bond acceptors (Lipinski definition) is 4. The molecule has 0 bridgehead atoms. The van der Waals surface area contributed by atoms with Crippen molar-refractivity contribution in [3.05, 3.63) is 0 Å². The Morgan fingerprint density at radius 3 is 2.30 bits per heavy atom. The van der Waals surface area contributed by atoms with Crippen LogP contribution in [0.25, 0.3) is 0 Å². The summed E-state index contributed by atoms with van der Waals surface area (Å²) in [6.45, 7) is 0. The van der Waals surface area contributed by atoms with Crippen LogP contribution in [0.1, 0.15) is 0 Å². The smallest absolute Gasteiger partial charge is 0.259 e. The highest BCUT2D eigenvalue weighted by Crippen LogP contribution is 2.14. The highest BCUT2D eigenvalue weighted by atomic mass is 32.2. The van der Waals surface area contributed by atoms with Gasteiger partial charge in [-0.25, -0.2) is 4.21 Å². The third-order valence-electron chi connectivity index (χ3n) is 0.720. The van der Waals surface area contributed by atoms with Crippen molar-refractivity contribution >= 4 is 9.73 Å². The monoisotopic (exact) mass is 169 g/mol. The zero-order chi connectivity index (χ0) is 8.41. The Morgan fingerprint density at radius 2 is 2.20 bits per heavy atom. The van der Waals surface area contributed by atoms with Gasteiger partial charge in [0.25, 0.3) is 0 Å². The van der Waals surface area contributed by atoms with E-state index in [9.17, 15) is 13.0 Å². The summed E-state index contributed by atoms with van der Waals surface area (Å²) in [6, 6.07) is 0. The van der Waals surface area contributed by atoms with Gasteiger partial charge in [-0.1, -0.05) is 0 Å². The predicted molar refractivity (Wildman–Crippen MR) is 31.2 cm³/mol. The molecule has 7 heteroatoms. The molecule has 0 fully saturated rings. The minimum atomic E-state index is -3.91. The first-order valence-electron chi connectivity index (χ1n) is 2.08. The lowest BCUT2D eigenvalue weighted by Gasteiger charge is -2.08. The maximum absolute atomic E-state index is 11.9. The number of hydrogen-bond donors (Lipinski definition) is 1. The van der Waals surface area contributed by atoms with E-state index in [2.05, 4.69) is 10.1 Å². The van der Waals surface area contributed by atoms with Crippen LogP contribution in [0.3, 0.4) is 0 Å². The lowest BCUT2D eigenvalue weighted by atomic mass is 11.3. The van der Waals surface area contributed by atoms with Crippen molar-refractivity contribution < 1.29 is 13.0 Å². The van der Waals surface area contributed by atoms with Crippen molar-refractivity contribution in [3.8, 4) is 6.19 Å². The zero-order valence-corrected chi connectivity index (χ0v) is 5.86. The molecule has 0 radical (unpaired) electrons. The molecule has 0 amide bonds. The van der Waals surface area contributed by atoms with Crippen LogP contribution in [0.4, 0.5) is 8.78 Å². The van der Waals surface area contributed by atoms with Crippen molar-refractivity contribution in [1.82, 2.24) is 0 Å². The molecule has 0 aromatic carbocycles. The van der Waals surface area contributed by atoms with Crippen molar-refractivity contribution in [2.24, 2.45) is 10.1 Å². The second-order valence-electron chi connectivity index (χ2n) is 1.56. The van der Waals surface area contributed by atoms with Crippen molar-refractivity contribution in [2.75, 3.05) is 6.26 Å². The van der Waals surface area contributed by atoms with E-state index in [1.165, 1.54) is 0 Å². The van der Waals surface area contributed by atoms with Crippen LogP contribution < -0.4 is 5.73 Å². The van der Waals surface area contributed by atoms with E-state index in [0.29, 0.717) is 6.26 Å².